The molecule has 0 radical (unpaired) electrons. The predicted molar refractivity (Wildman–Crippen MR) is 80.8 cm³/mol. The van der Waals surface area contributed by atoms with Gasteiger partial charge in [-0.2, -0.15) is 0 Å². The van der Waals surface area contributed by atoms with Crippen LogP contribution in [0.15, 0.2) is 23.6 Å². The summed E-state index contributed by atoms with van der Waals surface area (Å²) in [6.45, 7) is 3.62. The molecule has 0 amide bonds. The SMILES string of the molecule is COc1cc(CNCc2sccc2C)cc(OC)c1O. The summed E-state index contributed by atoms with van der Waals surface area (Å²) in [5, 5.41) is 15.3. The lowest BCUT2D eigenvalue weighted by atomic mass is 10.1. The molecule has 0 saturated heterocycles. The van der Waals surface area contributed by atoms with Crippen molar-refractivity contribution in [1.29, 1.82) is 0 Å². The zero-order valence-corrected chi connectivity index (χ0v) is 12.7. The zero-order chi connectivity index (χ0) is 14.5. The van der Waals surface area contributed by atoms with Crippen LogP contribution in [0.2, 0.25) is 0 Å². The van der Waals surface area contributed by atoms with Gasteiger partial charge in [0.2, 0.25) is 5.75 Å². The standard InChI is InChI=1S/C15H19NO3S/c1-10-4-5-20-14(10)9-16-8-11-6-12(18-2)15(17)13(7-11)19-3/h4-7,16-17H,8-9H2,1-3H3. The molecule has 2 rings (SSSR count). The van der Waals surface area contributed by atoms with Crippen LogP contribution in [0, 0.1) is 6.92 Å². The highest BCUT2D eigenvalue weighted by Crippen LogP contribution is 2.37. The first-order valence-electron chi connectivity index (χ1n) is 6.33. The van der Waals surface area contributed by atoms with E-state index in [4.69, 9.17) is 9.47 Å². The second kappa shape index (κ2) is 6.63. The molecule has 0 spiro atoms. The molecule has 0 aliphatic carbocycles. The molecule has 0 fully saturated rings. The van der Waals surface area contributed by atoms with E-state index in [0.29, 0.717) is 18.0 Å². The van der Waals surface area contributed by atoms with Crippen molar-refractivity contribution in [2.75, 3.05) is 14.2 Å². The van der Waals surface area contributed by atoms with E-state index in [1.54, 1.807) is 11.3 Å². The van der Waals surface area contributed by atoms with E-state index in [-0.39, 0.29) is 5.75 Å². The third-order valence-electron chi connectivity index (χ3n) is 3.12. The first kappa shape index (κ1) is 14.7. The first-order valence-corrected chi connectivity index (χ1v) is 7.21. The summed E-state index contributed by atoms with van der Waals surface area (Å²) in [6.07, 6.45) is 0. The van der Waals surface area contributed by atoms with E-state index in [1.165, 1.54) is 24.7 Å². The van der Waals surface area contributed by atoms with E-state index in [2.05, 4.69) is 23.7 Å². The number of hydrogen-bond donors (Lipinski definition) is 2. The Morgan fingerprint density at radius 3 is 2.30 bits per heavy atom. The fourth-order valence-corrected chi connectivity index (χ4v) is 2.83. The van der Waals surface area contributed by atoms with Crippen molar-refractivity contribution < 1.29 is 14.6 Å². The maximum atomic E-state index is 9.86. The van der Waals surface area contributed by atoms with Crippen LogP contribution in [-0.4, -0.2) is 19.3 Å². The summed E-state index contributed by atoms with van der Waals surface area (Å²) >= 11 is 1.75. The number of phenols is 1. The maximum Gasteiger partial charge on any atom is 0.200 e. The summed E-state index contributed by atoms with van der Waals surface area (Å²) in [4.78, 5) is 1.34. The highest BCUT2D eigenvalue weighted by Gasteiger charge is 2.11. The number of rotatable bonds is 6. The van der Waals surface area contributed by atoms with Crippen molar-refractivity contribution in [3.05, 3.63) is 39.6 Å². The topological polar surface area (TPSA) is 50.7 Å². The summed E-state index contributed by atoms with van der Waals surface area (Å²) in [6, 6.07) is 5.74. The van der Waals surface area contributed by atoms with Crippen molar-refractivity contribution in [2.45, 2.75) is 20.0 Å². The number of aryl methyl sites for hydroxylation is 1. The van der Waals surface area contributed by atoms with Crippen LogP contribution < -0.4 is 14.8 Å². The van der Waals surface area contributed by atoms with Gasteiger partial charge < -0.3 is 19.9 Å². The molecular weight excluding hydrogens is 274 g/mol. The van der Waals surface area contributed by atoms with Crippen LogP contribution in [0.4, 0.5) is 0 Å². The molecule has 2 aromatic rings. The highest BCUT2D eigenvalue weighted by molar-refractivity contribution is 7.10. The van der Waals surface area contributed by atoms with Gasteiger partial charge in [-0.3, -0.25) is 0 Å². The molecule has 20 heavy (non-hydrogen) atoms. The molecular formula is C15H19NO3S. The molecule has 0 atom stereocenters. The Balaban J connectivity index is 2.04. The zero-order valence-electron chi connectivity index (χ0n) is 11.9. The molecule has 0 saturated carbocycles. The average molecular weight is 293 g/mol. The Hall–Kier alpha value is -1.72. The van der Waals surface area contributed by atoms with Crippen LogP contribution in [0.3, 0.4) is 0 Å². The number of benzene rings is 1. The van der Waals surface area contributed by atoms with Gasteiger partial charge in [0.1, 0.15) is 0 Å². The minimum Gasteiger partial charge on any atom is -0.502 e. The van der Waals surface area contributed by atoms with Crippen molar-refractivity contribution in [3.63, 3.8) is 0 Å². The van der Waals surface area contributed by atoms with Crippen molar-refractivity contribution in [1.82, 2.24) is 5.32 Å². The predicted octanol–water partition coefficient (Wildman–Crippen LogP) is 3.07. The van der Waals surface area contributed by atoms with E-state index in [9.17, 15) is 5.11 Å². The number of aromatic hydroxyl groups is 1. The van der Waals surface area contributed by atoms with Crippen molar-refractivity contribution >= 4 is 11.3 Å². The number of nitrogens with one attached hydrogen (secondary N) is 1. The molecule has 1 aromatic heterocycles. The first-order chi connectivity index (χ1) is 9.65. The van der Waals surface area contributed by atoms with Gasteiger partial charge in [0.15, 0.2) is 11.5 Å². The highest BCUT2D eigenvalue weighted by atomic mass is 32.1. The number of ether oxygens (including phenoxy) is 2. The fourth-order valence-electron chi connectivity index (χ4n) is 1.96. The van der Waals surface area contributed by atoms with E-state index in [1.807, 2.05) is 12.1 Å². The Labute approximate surface area is 123 Å². The van der Waals surface area contributed by atoms with Crippen LogP contribution in [0.25, 0.3) is 0 Å². The van der Waals surface area contributed by atoms with E-state index >= 15 is 0 Å². The van der Waals surface area contributed by atoms with Gasteiger partial charge in [0.05, 0.1) is 14.2 Å². The monoisotopic (exact) mass is 293 g/mol. The lowest BCUT2D eigenvalue weighted by molar-refractivity contribution is 0.339. The molecule has 1 heterocycles. The Morgan fingerprint density at radius 2 is 1.80 bits per heavy atom. The summed E-state index contributed by atoms with van der Waals surface area (Å²) in [5.41, 5.74) is 2.31. The molecule has 2 N–H and O–H groups in total. The van der Waals surface area contributed by atoms with Gasteiger partial charge in [-0.1, -0.05) is 0 Å². The molecule has 4 nitrogen and oxygen atoms in total. The molecule has 0 bridgehead atoms. The quantitative estimate of drug-likeness (QED) is 0.859. The number of methoxy groups -OCH3 is 2. The normalized spacial score (nSPS) is 10.6. The molecule has 0 aliphatic heterocycles. The Bertz CT molecular complexity index is 555. The molecule has 108 valence electrons. The third kappa shape index (κ3) is 3.23. The van der Waals surface area contributed by atoms with Crippen LogP contribution in [-0.2, 0) is 13.1 Å². The van der Waals surface area contributed by atoms with Gasteiger partial charge >= 0.3 is 0 Å². The van der Waals surface area contributed by atoms with Crippen LogP contribution in [0.5, 0.6) is 17.2 Å². The van der Waals surface area contributed by atoms with Crippen LogP contribution >= 0.6 is 11.3 Å². The Morgan fingerprint density at radius 1 is 1.15 bits per heavy atom. The second-order valence-electron chi connectivity index (χ2n) is 4.48. The van der Waals surface area contributed by atoms with Gasteiger partial charge in [0, 0.05) is 18.0 Å². The minimum absolute atomic E-state index is 0.0350. The summed E-state index contributed by atoms with van der Waals surface area (Å²) < 4.78 is 10.3. The van der Waals surface area contributed by atoms with Gasteiger partial charge in [-0.15, -0.1) is 11.3 Å². The number of thiophene rings is 1. The van der Waals surface area contributed by atoms with Crippen LogP contribution in [0.1, 0.15) is 16.0 Å². The van der Waals surface area contributed by atoms with E-state index in [0.717, 1.165) is 12.1 Å². The molecule has 1 aromatic carbocycles. The van der Waals surface area contributed by atoms with Gasteiger partial charge in [-0.05, 0) is 41.6 Å². The lowest BCUT2D eigenvalue weighted by Gasteiger charge is -2.11. The molecule has 0 unspecified atom stereocenters. The molecule has 0 aliphatic rings. The van der Waals surface area contributed by atoms with Crippen molar-refractivity contribution in [3.8, 4) is 17.2 Å². The second-order valence-corrected chi connectivity index (χ2v) is 5.48. The van der Waals surface area contributed by atoms with Gasteiger partial charge in [0.25, 0.3) is 0 Å². The average Bonchev–Trinajstić information content (AvgIpc) is 2.86. The Kier molecular flexibility index (Phi) is 4.87. The summed E-state index contributed by atoms with van der Waals surface area (Å²) in [5.74, 6) is 0.884. The number of phenolic OH excluding ortho intramolecular Hbond substituents is 1. The maximum absolute atomic E-state index is 9.86. The van der Waals surface area contributed by atoms with E-state index < -0.39 is 0 Å². The lowest BCUT2D eigenvalue weighted by Crippen LogP contribution is -2.12. The van der Waals surface area contributed by atoms with Gasteiger partial charge in [-0.25, -0.2) is 0 Å². The minimum atomic E-state index is 0.0350. The fraction of sp³-hybridized carbons (Fsp3) is 0.333. The smallest absolute Gasteiger partial charge is 0.200 e. The number of hydrogen-bond acceptors (Lipinski definition) is 5. The largest absolute Gasteiger partial charge is 0.502 e. The summed E-state index contributed by atoms with van der Waals surface area (Å²) in [7, 11) is 3.06. The third-order valence-corrected chi connectivity index (χ3v) is 4.15. The van der Waals surface area contributed by atoms with Crippen molar-refractivity contribution in [2.24, 2.45) is 0 Å². The molecule has 5 heteroatoms.